The lowest BCUT2D eigenvalue weighted by atomic mass is 9.78. The number of methoxy groups -OCH3 is 1. The summed E-state index contributed by atoms with van der Waals surface area (Å²) in [5, 5.41) is 0. The lowest BCUT2D eigenvalue weighted by Crippen LogP contribution is -2.50. The summed E-state index contributed by atoms with van der Waals surface area (Å²) in [6.07, 6.45) is 2.98. The Balaban J connectivity index is 1.63. The first-order valence-corrected chi connectivity index (χ1v) is 8.38. The number of ether oxygens (including phenoxy) is 1. The third-order valence-corrected chi connectivity index (χ3v) is 5.14. The highest BCUT2D eigenvalue weighted by Crippen LogP contribution is 2.40. The van der Waals surface area contributed by atoms with Gasteiger partial charge in [0.2, 0.25) is 5.91 Å². The zero-order valence-corrected chi connectivity index (χ0v) is 13.8. The second-order valence-electron chi connectivity index (χ2n) is 6.76. The second kappa shape index (κ2) is 6.97. The van der Waals surface area contributed by atoms with Crippen molar-refractivity contribution in [2.45, 2.75) is 25.8 Å². The molecule has 0 N–H and O–H groups in total. The fourth-order valence-electron chi connectivity index (χ4n) is 3.89. The van der Waals surface area contributed by atoms with E-state index in [1.807, 2.05) is 17.0 Å². The molecule has 3 rings (SSSR count). The number of rotatable bonds is 5. The Hall–Kier alpha value is -1.46. The second-order valence-corrected chi connectivity index (χ2v) is 6.76. The van der Waals surface area contributed by atoms with Crippen LogP contribution in [0.1, 0.15) is 24.8 Å². The summed E-state index contributed by atoms with van der Waals surface area (Å²) in [5.41, 5.74) is 0.884. The van der Waals surface area contributed by atoms with Crippen LogP contribution in [0.4, 0.5) is 4.39 Å². The summed E-state index contributed by atoms with van der Waals surface area (Å²) in [4.78, 5) is 17.2. The Bertz CT molecular complexity index is 548. The third-order valence-electron chi connectivity index (χ3n) is 5.14. The third kappa shape index (κ3) is 3.56. The van der Waals surface area contributed by atoms with Crippen LogP contribution in [0.3, 0.4) is 0 Å². The summed E-state index contributed by atoms with van der Waals surface area (Å²) in [5.74, 6) is 0.0882. The Morgan fingerprint density at radius 1 is 1.22 bits per heavy atom. The van der Waals surface area contributed by atoms with Gasteiger partial charge >= 0.3 is 0 Å². The number of hydrogen-bond acceptors (Lipinski definition) is 3. The molecule has 0 aromatic heterocycles. The molecule has 0 saturated carbocycles. The molecule has 1 unspecified atom stereocenters. The molecule has 2 fully saturated rings. The summed E-state index contributed by atoms with van der Waals surface area (Å²) < 4.78 is 18.1. The van der Waals surface area contributed by atoms with Crippen molar-refractivity contribution < 1.29 is 13.9 Å². The number of carbonyl (C=O) groups excluding carboxylic acids is 1. The predicted molar refractivity (Wildman–Crippen MR) is 86.4 cm³/mol. The van der Waals surface area contributed by atoms with Crippen LogP contribution in [0, 0.1) is 11.2 Å². The quantitative estimate of drug-likeness (QED) is 0.834. The predicted octanol–water partition coefficient (Wildman–Crippen LogP) is 2.29. The standard InChI is InChI=1S/C18H25FN2O2/c1-23-12-11-21-9-2-7-18(17(21)22)8-10-20(14-18)13-15-3-5-16(19)6-4-15/h3-6H,2,7-14H2,1H3. The van der Waals surface area contributed by atoms with Gasteiger partial charge in [0.1, 0.15) is 5.82 Å². The minimum absolute atomic E-state index is 0.206. The van der Waals surface area contributed by atoms with Gasteiger partial charge in [-0.05, 0) is 43.5 Å². The highest BCUT2D eigenvalue weighted by atomic mass is 19.1. The Labute approximate surface area is 137 Å². The maximum atomic E-state index is 13.0. The summed E-state index contributed by atoms with van der Waals surface area (Å²) >= 11 is 0. The maximum Gasteiger partial charge on any atom is 0.230 e. The molecule has 1 atom stereocenters. The van der Waals surface area contributed by atoms with Crippen molar-refractivity contribution in [3.63, 3.8) is 0 Å². The van der Waals surface area contributed by atoms with E-state index in [0.29, 0.717) is 19.1 Å². The molecule has 2 saturated heterocycles. The van der Waals surface area contributed by atoms with Crippen LogP contribution in [0.5, 0.6) is 0 Å². The molecule has 2 aliphatic heterocycles. The van der Waals surface area contributed by atoms with E-state index >= 15 is 0 Å². The number of nitrogens with zero attached hydrogens (tertiary/aromatic N) is 2. The lowest BCUT2D eigenvalue weighted by molar-refractivity contribution is -0.146. The smallest absolute Gasteiger partial charge is 0.230 e. The molecule has 5 heteroatoms. The number of benzene rings is 1. The minimum Gasteiger partial charge on any atom is -0.383 e. The van der Waals surface area contributed by atoms with Crippen LogP contribution in [0.25, 0.3) is 0 Å². The van der Waals surface area contributed by atoms with Gasteiger partial charge in [-0.2, -0.15) is 0 Å². The Kier molecular flexibility index (Phi) is 4.97. The van der Waals surface area contributed by atoms with Crippen molar-refractivity contribution >= 4 is 5.91 Å². The minimum atomic E-state index is -0.216. The first kappa shape index (κ1) is 16.4. The molecule has 2 aliphatic rings. The molecule has 0 aliphatic carbocycles. The highest BCUT2D eigenvalue weighted by molar-refractivity contribution is 5.84. The summed E-state index contributed by atoms with van der Waals surface area (Å²) in [6.45, 7) is 4.67. The number of amides is 1. The van der Waals surface area contributed by atoms with Crippen molar-refractivity contribution in [2.24, 2.45) is 5.41 Å². The van der Waals surface area contributed by atoms with Crippen molar-refractivity contribution in [3.05, 3.63) is 35.6 Å². The van der Waals surface area contributed by atoms with Gasteiger partial charge < -0.3 is 9.64 Å². The fraction of sp³-hybridized carbons (Fsp3) is 0.611. The monoisotopic (exact) mass is 320 g/mol. The van der Waals surface area contributed by atoms with Gasteiger partial charge in [-0.15, -0.1) is 0 Å². The topological polar surface area (TPSA) is 32.8 Å². The molecule has 1 spiro atoms. The Morgan fingerprint density at radius 2 is 2.00 bits per heavy atom. The average Bonchev–Trinajstić information content (AvgIpc) is 2.95. The van der Waals surface area contributed by atoms with Gasteiger partial charge in [0, 0.05) is 33.3 Å². The molecule has 1 amide bonds. The first-order chi connectivity index (χ1) is 11.1. The van der Waals surface area contributed by atoms with E-state index in [4.69, 9.17) is 4.74 Å². The van der Waals surface area contributed by atoms with E-state index in [1.54, 1.807) is 7.11 Å². The van der Waals surface area contributed by atoms with Crippen LogP contribution in [0.2, 0.25) is 0 Å². The molecule has 2 heterocycles. The number of piperidine rings is 1. The van der Waals surface area contributed by atoms with E-state index in [0.717, 1.165) is 51.0 Å². The molecule has 126 valence electrons. The largest absolute Gasteiger partial charge is 0.383 e. The van der Waals surface area contributed by atoms with Crippen LogP contribution < -0.4 is 0 Å². The maximum absolute atomic E-state index is 13.0. The zero-order valence-electron chi connectivity index (χ0n) is 13.8. The van der Waals surface area contributed by atoms with Gasteiger partial charge in [-0.1, -0.05) is 12.1 Å². The highest BCUT2D eigenvalue weighted by Gasteiger charge is 2.47. The van der Waals surface area contributed by atoms with Crippen LogP contribution in [-0.4, -0.2) is 55.6 Å². The van der Waals surface area contributed by atoms with Gasteiger partial charge in [0.25, 0.3) is 0 Å². The van der Waals surface area contributed by atoms with Crippen molar-refractivity contribution in [1.29, 1.82) is 0 Å². The van der Waals surface area contributed by atoms with E-state index in [2.05, 4.69) is 4.90 Å². The molecule has 1 aromatic carbocycles. The van der Waals surface area contributed by atoms with Crippen LogP contribution in [-0.2, 0) is 16.1 Å². The van der Waals surface area contributed by atoms with E-state index in [9.17, 15) is 9.18 Å². The normalized spacial score (nSPS) is 25.5. The van der Waals surface area contributed by atoms with Crippen LogP contribution >= 0.6 is 0 Å². The fourth-order valence-corrected chi connectivity index (χ4v) is 3.89. The Morgan fingerprint density at radius 3 is 2.74 bits per heavy atom. The summed E-state index contributed by atoms with van der Waals surface area (Å²) in [6, 6.07) is 6.65. The van der Waals surface area contributed by atoms with Gasteiger partial charge in [-0.3, -0.25) is 9.69 Å². The van der Waals surface area contributed by atoms with E-state index in [1.165, 1.54) is 12.1 Å². The zero-order chi connectivity index (χ0) is 16.3. The molecular formula is C18H25FN2O2. The number of likely N-dealkylation sites (tertiary alicyclic amines) is 2. The molecule has 0 radical (unpaired) electrons. The number of halogens is 1. The first-order valence-electron chi connectivity index (χ1n) is 8.38. The number of carbonyl (C=O) groups is 1. The van der Waals surface area contributed by atoms with Crippen LogP contribution in [0.15, 0.2) is 24.3 Å². The van der Waals surface area contributed by atoms with Crippen molar-refractivity contribution in [2.75, 3.05) is 39.9 Å². The van der Waals surface area contributed by atoms with E-state index in [-0.39, 0.29) is 11.2 Å². The van der Waals surface area contributed by atoms with Crippen molar-refractivity contribution in [3.8, 4) is 0 Å². The molecule has 0 bridgehead atoms. The SMILES string of the molecule is COCCN1CCCC2(CCN(Cc3ccc(F)cc3)C2)C1=O. The van der Waals surface area contributed by atoms with E-state index < -0.39 is 0 Å². The summed E-state index contributed by atoms with van der Waals surface area (Å²) in [7, 11) is 1.67. The molecule has 1 aromatic rings. The molecule has 23 heavy (non-hydrogen) atoms. The average molecular weight is 320 g/mol. The van der Waals surface area contributed by atoms with Gasteiger partial charge in [-0.25, -0.2) is 4.39 Å². The lowest BCUT2D eigenvalue weighted by Gasteiger charge is -2.39. The molecular weight excluding hydrogens is 295 g/mol. The van der Waals surface area contributed by atoms with Gasteiger partial charge in [0.15, 0.2) is 0 Å². The van der Waals surface area contributed by atoms with Gasteiger partial charge in [0.05, 0.1) is 12.0 Å². The number of hydrogen-bond donors (Lipinski definition) is 0. The van der Waals surface area contributed by atoms with Crippen molar-refractivity contribution in [1.82, 2.24) is 9.80 Å². The molecule has 4 nitrogen and oxygen atoms in total.